The summed E-state index contributed by atoms with van der Waals surface area (Å²) in [6.07, 6.45) is 0.143. The second-order valence-corrected chi connectivity index (χ2v) is 12.6. The number of esters is 1. The predicted octanol–water partition coefficient (Wildman–Crippen LogP) is 3.92. The number of fused-ring (bicyclic) bond motifs is 1. The van der Waals surface area contributed by atoms with Gasteiger partial charge in [-0.25, -0.2) is 4.68 Å². The van der Waals surface area contributed by atoms with E-state index in [1.54, 1.807) is 16.4 Å². The molecule has 2 aliphatic heterocycles. The molecule has 3 aromatic carbocycles. The maximum Gasteiger partial charge on any atom is 0.307 e. The van der Waals surface area contributed by atoms with Gasteiger partial charge in [-0.1, -0.05) is 91.0 Å². The highest BCUT2D eigenvalue weighted by molar-refractivity contribution is 8.01. The van der Waals surface area contributed by atoms with E-state index in [2.05, 4.69) is 71.1 Å². The molecule has 4 aromatic rings. The quantitative estimate of drug-likeness (QED) is 0.184. The first-order valence-electron chi connectivity index (χ1n) is 13.6. The van der Waals surface area contributed by atoms with E-state index in [0.29, 0.717) is 5.82 Å². The fourth-order valence-electron chi connectivity index (χ4n) is 6.08. The summed E-state index contributed by atoms with van der Waals surface area (Å²) in [7, 11) is 1.36. The number of aryl methyl sites for hydroxylation is 1. The number of ether oxygens (including phenoxy) is 1. The van der Waals surface area contributed by atoms with E-state index in [4.69, 9.17) is 4.74 Å². The van der Waals surface area contributed by atoms with Crippen LogP contribution < -0.4 is 5.32 Å². The molecule has 0 saturated carbocycles. The van der Waals surface area contributed by atoms with Crippen molar-refractivity contribution < 1.29 is 14.3 Å². The molecule has 1 amide bonds. The van der Waals surface area contributed by atoms with Crippen molar-refractivity contribution in [2.75, 3.05) is 7.11 Å². The zero-order valence-electron chi connectivity index (χ0n) is 23.2. The number of carbonyl (C=O) groups is 2. The smallest absolute Gasteiger partial charge is 0.307 e. The number of nitrogens with one attached hydrogen (secondary N) is 1. The number of nitrogens with zero attached hydrogens (tertiary/aromatic N) is 5. The lowest BCUT2D eigenvalue weighted by Gasteiger charge is -2.49. The summed E-state index contributed by atoms with van der Waals surface area (Å²) >= 11 is 1.74. The number of rotatable bonds is 9. The number of hydrogen-bond donors (Lipinski definition) is 1. The van der Waals surface area contributed by atoms with Gasteiger partial charge in [0.2, 0.25) is 5.91 Å². The molecule has 2 unspecified atom stereocenters. The largest absolute Gasteiger partial charge is 0.469 e. The molecule has 0 spiro atoms. The van der Waals surface area contributed by atoms with Gasteiger partial charge in [0.1, 0.15) is 17.5 Å². The van der Waals surface area contributed by atoms with Crippen LogP contribution in [-0.2, 0) is 26.4 Å². The van der Waals surface area contributed by atoms with E-state index in [1.807, 2.05) is 59.5 Å². The molecule has 2 fully saturated rings. The van der Waals surface area contributed by atoms with Crippen molar-refractivity contribution in [3.05, 3.63) is 114 Å². The molecule has 0 radical (unpaired) electrons. The monoisotopic (exact) mass is 568 g/mol. The molecule has 0 bridgehead atoms. The number of hydrogen-bond acceptors (Lipinski definition) is 8. The zero-order valence-corrected chi connectivity index (χ0v) is 24.0. The van der Waals surface area contributed by atoms with Gasteiger partial charge in [-0.2, -0.15) is 0 Å². The molecule has 3 heterocycles. The summed E-state index contributed by atoms with van der Waals surface area (Å²) in [4.78, 5) is 27.8. The van der Waals surface area contributed by atoms with Crippen molar-refractivity contribution in [3.8, 4) is 0 Å². The van der Waals surface area contributed by atoms with E-state index in [9.17, 15) is 9.59 Å². The Morgan fingerprint density at radius 2 is 1.49 bits per heavy atom. The number of methoxy groups -OCH3 is 1. The van der Waals surface area contributed by atoms with Crippen LogP contribution in [0.25, 0.3) is 0 Å². The summed E-state index contributed by atoms with van der Waals surface area (Å²) in [5.74, 6) is 0.224. The predicted molar refractivity (Wildman–Crippen MR) is 156 cm³/mol. The fraction of sp³-hybridized carbons (Fsp3) is 0.323. The Balaban J connectivity index is 1.38. The third kappa shape index (κ3) is 4.61. The topological polar surface area (TPSA) is 102 Å². The molecular weight excluding hydrogens is 536 g/mol. The average Bonchev–Trinajstić information content (AvgIpc) is 3.57. The Labute approximate surface area is 243 Å². The average molecular weight is 569 g/mol. The van der Waals surface area contributed by atoms with Crippen molar-refractivity contribution in [1.29, 1.82) is 0 Å². The van der Waals surface area contributed by atoms with E-state index >= 15 is 0 Å². The molecular formula is C31H32N6O3S. The number of β-lactam (4-membered cyclic amide) rings is 1. The molecule has 41 heavy (non-hydrogen) atoms. The Hall–Kier alpha value is -4.02. The Morgan fingerprint density at radius 1 is 0.951 bits per heavy atom. The van der Waals surface area contributed by atoms with Gasteiger partial charge in [0, 0.05) is 4.75 Å². The maximum absolute atomic E-state index is 14.1. The van der Waals surface area contributed by atoms with Crippen LogP contribution in [0.2, 0.25) is 0 Å². The van der Waals surface area contributed by atoms with Crippen LogP contribution >= 0.6 is 11.8 Å². The Morgan fingerprint density at radius 3 is 2.00 bits per heavy atom. The molecule has 10 heteroatoms. The summed E-state index contributed by atoms with van der Waals surface area (Å²) in [6.45, 7) is 4.51. The van der Waals surface area contributed by atoms with Crippen LogP contribution in [0.3, 0.4) is 0 Å². The van der Waals surface area contributed by atoms with Gasteiger partial charge >= 0.3 is 5.97 Å². The maximum atomic E-state index is 14.1. The third-order valence-corrected chi connectivity index (χ3v) is 9.56. The molecule has 1 aromatic heterocycles. The summed E-state index contributed by atoms with van der Waals surface area (Å²) in [5.41, 5.74) is 2.39. The highest BCUT2D eigenvalue weighted by Gasteiger charge is 2.64. The van der Waals surface area contributed by atoms with Gasteiger partial charge in [0.15, 0.2) is 5.82 Å². The standard InChI is InChI=1S/C31H32N6O3S/c1-30(2)26(27-33-34-35-36(27)20-19-24(38)40-3)37-28(39)25(29(37)41-30)32-31(21-13-7-4-8-14-21,22-15-9-5-10-16-22)23-17-11-6-12-18-23/h4-18,25-26,29,32H,19-20H2,1-3H3/t25?,26?,29-/m1/s1. The van der Waals surface area contributed by atoms with Gasteiger partial charge in [-0.05, 0) is 41.0 Å². The number of tetrazole rings is 1. The molecule has 2 aliphatic rings. The van der Waals surface area contributed by atoms with Crippen molar-refractivity contribution in [3.63, 3.8) is 0 Å². The molecule has 3 atom stereocenters. The third-order valence-electron chi connectivity index (χ3n) is 7.99. The van der Waals surface area contributed by atoms with Crippen LogP contribution in [0.5, 0.6) is 0 Å². The lowest BCUT2D eigenvalue weighted by atomic mass is 9.76. The Kier molecular flexibility index (Phi) is 7.13. The number of aromatic nitrogens is 4. The minimum atomic E-state index is -0.763. The van der Waals surface area contributed by atoms with Gasteiger partial charge in [-0.3, -0.25) is 14.9 Å². The second-order valence-electron chi connectivity index (χ2n) is 10.8. The van der Waals surface area contributed by atoms with Crippen molar-refractivity contribution in [1.82, 2.24) is 30.4 Å². The fourth-order valence-corrected chi connectivity index (χ4v) is 7.71. The van der Waals surface area contributed by atoms with Crippen LogP contribution in [0.1, 0.15) is 48.8 Å². The number of amides is 1. The minimum absolute atomic E-state index is 0.00670. The lowest BCUT2D eigenvalue weighted by Crippen LogP contribution is -2.70. The van der Waals surface area contributed by atoms with E-state index in [0.717, 1.165) is 16.7 Å². The van der Waals surface area contributed by atoms with Crippen molar-refractivity contribution >= 4 is 23.6 Å². The lowest BCUT2D eigenvalue weighted by molar-refractivity contribution is -0.150. The first-order valence-corrected chi connectivity index (χ1v) is 14.5. The summed E-state index contributed by atoms with van der Waals surface area (Å²) in [6, 6.07) is 30.1. The first-order chi connectivity index (χ1) is 19.9. The van der Waals surface area contributed by atoms with E-state index in [-0.39, 0.29) is 41.0 Å². The number of thioether (sulfide) groups is 1. The summed E-state index contributed by atoms with van der Waals surface area (Å²) < 4.78 is 6.04. The van der Waals surface area contributed by atoms with Gasteiger partial charge in [-0.15, -0.1) is 16.9 Å². The highest BCUT2D eigenvalue weighted by atomic mass is 32.2. The molecule has 2 saturated heterocycles. The van der Waals surface area contributed by atoms with E-state index < -0.39 is 11.6 Å². The van der Waals surface area contributed by atoms with Crippen LogP contribution in [0.15, 0.2) is 91.0 Å². The number of carbonyl (C=O) groups excluding carboxylic acids is 2. The molecule has 6 rings (SSSR count). The van der Waals surface area contributed by atoms with Crippen LogP contribution in [-0.4, -0.2) is 60.3 Å². The SMILES string of the molecule is COC(=O)CCn1nnnc1C1N2C(=O)C(NC(c3ccccc3)(c3ccccc3)c3ccccc3)[C@H]2SC1(C)C. The van der Waals surface area contributed by atoms with Gasteiger partial charge in [0.05, 0.1) is 25.6 Å². The van der Waals surface area contributed by atoms with Crippen LogP contribution in [0, 0.1) is 0 Å². The van der Waals surface area contributed by atoms with E-state index in [1.165, 1.54) is 7.11 Å². The van der Waals surface area contributed by atoms with Gasteiger partial charge < -0.3 is 9.64 Å². The molecule has 0 aliphatic carbocycles. The van der Waals surface area contributed by atoms with Gasteiger partial charge in [0.25, 0.3) is 0 Å². The molecule has 1 N–H and O–H groups in total. The molecule has 210 valence electrons. The highest BCUT2D eigenvalue weighted by Crippen LogP contribution is 2.57. The van der Waals surface area contributed by atoms with Crippen molar-refractivity contribution in [2.45, 2.75) is 54.6 Å². The summed E-state index contributed by atoms with van der Waals surface area (Å²) in [5, 5.41) is 16.1. The molecule has 9 nitrogen and oxygen atoms in total. The van der Waals surface area contributed by atoms with Crippen LogP contribution in [0.4, 0.5) is 0 Å². The van der Waals surface area contributed by atoms with Crippen molar-refractivity contribution in [2.24, 2.45) is 0 Å². The first kappa shape index (κ1) is 27.2. The second kappa shape index (κ2) is 10.8. The minimum Gasteiger partial charge on any atom is -0.469 e. The number of benzene rings is 3. The zero-order chi connectivity index (χ0) is 28.6. The Bertz CT molecular complexity index is 1430. The normalized spacial score (nSPS) is 21.3.